The molecule has 27 heavy (non-hydrogen) atoms. The van der Waals surface area contributed by atoms with Crippen molar-refractivity contribution in [1.29, 1.82) is 0 Å². The molecule has 2 aromatic rings. The second-order valence-corrected chi connectivity index (χ2v) is 5.66. The third kappa shape index (κ3) is 5.01. The molecule has 0 aliphatic carbocycles. The third-order valence-electron chi connectivity index (χ3n) is 3.61. The maximum absolute atomic E-state index is 12.1. The van der Waals surface area contributed by atoms with Crippen LogP contribution in [0.2, 0.25) is 0 Å². The Labute approximate surface area is 163 Å². The monoisotopic (exact) mass is 390 g/mol. The van der Waals surface area contributed by atoms with E-state index in [-0.39, 0.29) is 10.7 Å². The molecule has 2 rings (SSSR count). The van der Waals surface area contributed by atoms with Crippen LogP contribution >= 0.6 is 12.2 Å². The van der Waals surface area contributed by atoms with E-state index < -0.39 is 5.97 Å². The van der Waals surface area contributed by atoms with Crippen LogP contribution in [-0.2, 0) is 4.74 Å². The van der Waals surface area contributed by atoms with Crippen LogP contribution in [0.4, 0.5) is 11.4 Å². The fourth-order valence-corrected chi connectivity index (χ4v) is 2.61. The number of carbonyl (C=O) groups is 1. The molecule has 2 aromatic carbocycles. The van der Waals surface area contributed by atoms with Gasteiger partial charge in [0.15, 0.2) is 16.6 Å². The van der Waals surface area contributed by atoms with E-state index in [2.05, 4.69) is 10.6 Å². The van der Waals surface area contributed by atoms with E-state index in [9.17, 15) is 4.79 Å². The fraction of sp³-hybridized carbons (Fsp3) is 0.263. The average Bonchev–Trinajstić information content (AvgIpc) is 2.68. The highest BCUT2D eigenvalue weighted by Gasteiger charge is 2.18. The van der Waals surface area contributed by atoms with Crippen molar-refractivity contribution >= 4 is 34.7 Å². The van der Waals surface area contributed by atoms with Gasteiger partial charge in [-0.05, 0) is 31.3 Å². The van der Waals surface area contributed by atoms with E-state index in [0.29, 0.717) is 35.2 Å². The Hall–Kier alpha value is -3.00. The SMILES string of the molecule is CCOc1ccccc1NC(=S)Nc1cc(OC)c(OC)cc1C(=O)OC. The molecule has 0 aromatic heterocycles. The summed E-state index contributed by atoms with van der Waals surface area (Å²) in [6.45, 7) is 2.43. The van der Waals surface area contributed by atoms with Crippen molar-refractivity contribution in [3.8, 4) is 17.2 Å². The van der Waals surface area contributed by atoms with E-state index in [1.807, 2.05) is 31.2 Å². The van der Waals surface area contributed by atoms with Crippen LogP contribution in [-0.4, -0.2) is 39.0 Å². The lowest BCUT2D eigenvalue weighted by Crippen LogP contribution is -2.21. The second-order valence-electron chi connectivity index (χ2n) is 5.25. The van der Waals surface area contributed by atoms with E-state index in [1.165, 1.54) is 27.4 Å². The van der Waals surface area contributed by atoms with Crippen LogP contribution in [0.3, 0.4) is 0 Å². The summed E-state index contributed by atoms with van der Waals surface area (Å²) in [6.07, 6.45) is 0. The molecule has 0 amide bonds. The highest BCUT2D eigenvalue weighted by molar-refractivity contribution is 7.80. The number of anilines is 2. The molecule has 0 bridgehead atoms. The van der Waals surface area contributed by atoms with Crippen LogP contribution in [0.15, 0.2) is 36.4 Å². The van der Waals surface area contributed by atoms with Gasteiger partial charge in [0.1, 0.15) is 5.75 Å². The summed E-state index contributed by atoms with van der Waals surface area (Å²) in [5.74, 6) is 0.995. The lowest BCUT2D eigenvalue weighted by molar-refractivity contribution is 0.0601. The molecule has 0 unspecified atom stereocenters. The summed E-state index contributed by atoms with van der Waals surface area (Å²) in [4.78, 5) is 12.1. The van der Waals surface area contributed by atoms with Crippen molar-refractivity contribution in [2.24, 2.45) is 0 Å². The zero-order valence-electron chi connectivity index (χ0n) is 15.6. The predicted molar refractivity (Wildman–Crippen MR) is 108 cm³/mol. The summed E-state index contributed by atoms with van der Waals surface area (Å²) in [5, 5.41) is 6.34. The lowest BCUT2D eigenvalue weighted by Gasteiger charge is -2.17. The molecule has 7 nitrogen and oxygen atoms in total. The number of ether oxygens (including phenoxy) is 4. The maximum atomic E-state index is 12.1. The Bertz CT molecular complexity index is 826. The molecule has 2 N–H and O–H groups in total. The van der Waals surface area contributed by atoms with Gasteiger partial charge in [0, 0.05) is 12.1 Å². The van der Waals surface area contributed by atoms with Gasteiger partial charge in [0.25, 0.3) is 0 Å². The first-order chi connectivity index (χ1) is 13.0. The molecule has 144 valence electrons. The number of para-hydroxylation sites is 2. The molecule has 0 saturated carbocycles. The van der Waals surface area contributed by atoms with Crippen molar-refractivity contribution in [2.45, 2.75) is 6.92 Å². The number of nitrogens with one attached hydrogen (secondary N) is 2. The van der Waals surface area contributed by atoms with Gasteiger partial charge in [0.05, 0.1) is 44.9 Å². The molecule has 0 radical (unpaired) electrons. The van der Waals surface area contributed by atoms with Crippen LogP contribution < -0.4 is 24.8 Å². The summed E-state index contributed by atoms with van der Waals surface area (Å²) in [6, 6.07) is 10.6. The van der Waals surface area contributed by atoms with Crippen LogP contribution in [0.1, 0.15) is 17.3 Å². The highest BCUT2D eigenvalue weighted by atomic mass is 32.1. The smallest absolute Gasteiger partial charge is 0.340 e. The molecule has 0 spiro atoms. The van der Waals surface area contributed by atoms with Gasteiger partial charge in [-0.1, -0.05) is 12.1 Å². The molecule has 0 atom stereocenters. The minimum Gasteiger partial charge on any atom is -0.493 e. The van der Waals surface area contributed by atoms with E-state index >= 15 is 0 Å². The Balaban J connectivity index is 2.30. The van der Waals surface area contributed by atoms with Crippen molar-refractivity contribution in [3.63, 3.8) is 0 Å². The zero-order chi connectivity index (χ0) is 19.8. The van der Waals surface area contributed by atoms with Gasteiger partial charge in [0.2, 0.25) is 0 Å². The van der Waals surface area contributed by atoms with Crippen LogP contribution in [0.25, 0.3) is 0 Å². The zero-order valence-corrected chi connectivity index (χ0v) is 16.4. The van der Waals surface area contributed by atoms with E-state index in [0.717, 1.165) is 0 Å². The molecule has 0 fully saturated rings. The molecule has 0 saturated heterocycles. The minimum absolute atomic E-state index is 0.261. The van der Waals surface area contributed by atoms with Crippen molar-refractivity contribution in [3.05, 3.63) is 42.0 Å². The van der Waals surface area contributed by atoms with Crippen molar-refractivity contribution < 1.29 is 23.7 Å². The number of thiocarbonyl (C=S) groups is 1. The standard InChI is InChI=1S/C19H22N2O5S/c1-5-26-15-9-7-6-8-13(15)20-19(27)21-14-11-17(24-3)16(23-2)10-12(14)18(22)25-4/h6-11H,5H2,1-4H3,(H2,20,21,27). The number of esters is 1. The summed E-state index contributed by atoms with van der Waals surface area (Å²) in [5.41, 5.74) is 1.39. The van der Waals surface area contributed by atoms with Gasteiger partial charge >= 0.3 is 5.97 Å². The number of methoxy groups -OCH3 is 3. The Morgan fingerprint density at radius 2 is 1.59 bits per heavy atom. The first kappa shape index (κ1) is 20.3. The Morgan fingerprint density at radius 1 is 0.963 bits per heavy atom. The van der Waals surface area contributed by atoms with Gasteiger partial charge in [-0.25, -0.2) is 4.79 Å². The molecule has 0 aliphatic heterocycles. The van der Waals surface area contributed by atoms with Crippen molar-refractivity contribution in [1.82, 2.24) is 0 Å². The van der Waals surface area contributed by atoms with Crippen LogP contribution in [0, 0.1) is 0 Å². The number of hydrogen-bond acceptors (Lipinski definition) is 6. The van der Waals surface area contributed by atoms with Crippen molar-refractivity contribution in [2.75, 3.05) is 38.6 Å². The largest absolute Gasteiger partial charge is 0.493 e. The molecule has 0 aliphatic rings. The Kier molecular flexibility index (Phi) is 7.25. The molecule has 0 heterocycles. The summed E-state index contributed by atoms with van der Waals surface area (Å²) in [7, 11) is 4.30. The lowest BCUT2D eigenvalue weighted by atomic mass is 10.1. The first-order valence-electron chi connectivity index (χ1n) is 8.18. The maximum Gasteiger partial charge on any atom is 0.340 e. The fourth-order valence-electron chi connectivity index (χ4n) is 2.39. The highest BCUT2D eigenvalue weighted by Crippen LogP contribution is 2.34. The van der Waals surface area contributed by atoms with E-state index in [1.54, 1.807) is 6.07 Å². The molecular formula is C19H22N2O5S. The summed E-state index contributed by atoms with van der Waals surface area (Å²) >= 11 is 5.38. The second kappa shape index (κ2) is 9.63. The van der Waals surface area contributed by atoms with Crippen LogP contribution in [0.5, 0.6) is 17.2 Å². The molecular weight excluding hydrogens is 368 g/mol. The summed E-state index contributed by atoms with van der Waals surface area (Å²) < 4.78 is 21.0. The normalized spacial score (nSPS) is 9.93. The topological polar surface area (TPSA) is 78.0 Å². The van der Waals surface area contributed by atoms with E-state index in [4.69, 9.17) is 31.2 Å². The van der Waals surface area contributed by atoms with Gasteiger partial charge < -0.3 is 29.6 Å². The predicted octanol–water partition coefficient (Wildman–Crippen LogP) is 3.70. The first-order valence-corrected chi connectivity index (χ1v) is 8.59. The average molecular weight is 390 g/mol. The number of benzene rings is 2. The quantitative estimate of drug-likeness (QED) is 0.547. The molecule has 8 heteroatoms. The Morgan fingerprint density at radius 3 is 2.22 bits per heavy atom. The number of rotatable bonds is 7. The van der Waals surface area contributed by atoms with Gasteiger partial charge in [-0.3, -0.25) is 0 Å². The minimum atomic E-state index is -0.532. The number of carbonyl (C=O) groups excluding carboxylic acids is 1. The third-order valence-corrected chi connectivity index (χ3v) is 3.82. The van der Waals surface area contributed by atoms with Gasteiger partial charge in [-0.15, -0.1) is 0 Å². The van der Waals surface area contributed by atoms with Gasteiger partial charge in [-0.2, -0.15) is 0 Å². The number of hydrogen-bond donors (Lipinski definition) is 2.